The van der Waals surface area contributed by atoms with Gasteiger partial charge in [-0.1, -0.05) is 0 Å². The SMILES string of the molecule is O=C(COC(=O)c1ccc2c(c1)OCCO2)Nc1ccc2c(c1)OC(F)(F)O2. The summed E-state index contributed by atoms with van der Waals surface area (Å²) in [4.78, 5) is 24.0. The Morgan fingerprint density at radius 3 is 2.50 bits per heavy atom. The van der Waals surface area contributed by atoms with E-state index in [0.717, 1.165) is 0 Å². The first-order chi connectivity index (χ1) is 13.4. The van der Waals surface area contributed by atoms with Crippen molar-refractivity contribution in [2.24, 2.45) is 0 Å². The summed E-state index contributed by atoms with van der Waals surface area (Å²) in [6.45, 7) is 0.224. The van der Waals surface area contributed by atoms with Gasteiger partial charge in [0.2, 0.25) is 0 Å². The molecule has 0 atom stereocenters. The lowest BCUT2D eigenvalue weighted by Gasteiger charge is -2.18. The van der Waals surface area contributed by atoms with Crippen LogP contribution in [0.2, 0.25) is 0 Å². The van der Waals surface area contributed by atoms with Gasteiger partial charge in [-0.25, -0.2) is 4.79 Å². The fourth-order valence-corrected chi connectivity index (χ4v) is 2.61. The average Bonchev–Trinajstić information content (AvgIpc) is 2.98. The van der Waals surface area contributed by atoms with Gasteiger partial charge < -0.3 is 29.0 Å². The van der Waals surface area contributed by atoms with Gasteiger partial charge in [-0.05, 0) is 30.3 Å². The van der Waals surface area contributed by atoms with Crippen LogP contribution in [0.1, 0.15) is 10.4 Å². The Bertz CT molecular complexity index is 948. The number of amides is 1. The molecule has 28 heavy (non-hydrogen) atoms. The van der Waals surface area contributed by atoms with E-state index in [2.05, 4.69) is 14.8 Å². The Balaban J connectivity index is 1.33. The van der Waals surface area contributed by atoms with Crippen molar-refractivity contribution in [2.75, 3.05) is 25.1 Å². The summed E-state index contributed by atoms with van der Waals surface area (Å²) in [6.07, 6.45) is -3.75. The predicted molar refractivity (Wildman–Crippen MR) is 89.0 cm³/mol. The highest BCUT2D eigenvalue weighted by Gasteiger charge is 2.43. The van der Waals surface area contributed by atoms with Crippen LogP contribution in [0.25, 0.3) is 0 Å². The molecular formula is C18H13F2NO7. The van der Waals surface area contributed by atoms with Crippen LogP contribution in [-0.4, -0.2) is 38.0 Å². The topological polar surface area (TPSA) is 92.3 Å². The second kappa shape index (κ2) is 6.87. The molecule has 0 aromatic heterocycles. The first-order valence-corrected chi connectivity index (χ1v) is 8.16. The van der Waals surface area contributed by atoms with E-state index < -0.39 is 24.8 Å². The van der Waals surface area contributed by atoms with Crippen molar-refractivity contribution in [3.05, 3.63) is 42.0 Å². The highest BCUT2D eigenvalue weighted by atomic mass is 19.3. The number of esters is 1. The maximum absolute atomic E-state index is 13.0. The summed E-state index contributed by atoms with van der Waals surface area (Å²) >= 11 is 0. The number of hydrogen-bond donors (Lipinski definition) is 1. The van der Waals surface area contributed by atoms with Crippen LogP contribution in [0.5, 0.6) is 23.0 Å². The smallest absolute Gasteiger partial charge is 0.486 e. The first kappa shape index (κ1) is 17.8. The Kier molecular flexibility index (Phi) is 4.38. The summed E-state index contributed by atoms with van der Waals surface area (Å²) in [6, 6.07) is 8.29. The van der Waals surface area contributed by atoms with E-state index in [1.165, 1.54) is 30.3 Å². The van der Waals surface area contributed by atoms with Gasteiger partial charge in [0.1, 0.15) is 13.2 Å². The van der Waals surface area contributed by atoms with Crippen molar-refractivity contribution in [1.82, 2.24) is 0 Å². The zero-order chi connectivity index (χ0) is 19.7. The highest BCUT2D eigenvalue weighted by molar-refractivity contribution is 5.96. The van der Waals surface area contributed by atoms with Crippen molar-refractivity contribution in [2.45, 2.75) is 6.29 Å². The largest absolute Gasteiger partial charge is 0.586 e. The molecule has 0 unspecified atom stereocenters. The number of benzene rings is 2. The lowest BCUT2D eigenvalue weighted by atomic mass is 10.2. The minimum absolute atomic E-state index is 0.145. The molecule has 0 bridgehead atoms. The molecule has 0 saturated carbocycles. The van der Waals surface area contributed by atoms with Crippen molar-refractivity contribution in [3.63, 3.8) is 0 Å². The minimum Gasteiger partial charge on any atom is -0.486 e. The van der Waals surface area contributed by atoms with Gasteiger partial charge in [-0.3, -0.25) is 4.79 Å². The molecule has 2 aromatic carbocycles. The zero-order valence-electron chi connectivity index (χ0n) is 14.2. The molecule has 1 N–H and O–H groups in total. The summed E-state index contributed by atoms with van der Waals surface area (Å²) in [5.74, 6) is -0.797. The average molecular weight is 393 g/mol. The number of nitrogens with one attached hydrogen (secondary N) is 1. The van der Waals surface area contributed by atoms with Crippen molar-refractivity contribution < 1.29 is 42.1 Å². The van der Waals surface area contributed by atoms with Gasteiger partial charge in [0.25, 0.3) is 5.91 Å². The molecule has 2 aliphatic rings. The van der Waals surface area contributed by atoms with E-state index in [0.29, 0.717) is 24.7 Å². The third-order valence-electron chi connectivity index (χ3n) is 3.80. The van der Waals surface area contributed by atoms with Gasteiger partial charge >= 0.3 is 12.3 Å². The van der Waals surface area contributed by atoms with E-state index in [9.17, 15) is 18.4 Å². The molecule has 2 aliphatic heterocycles. The number of ether oxygens (including phenoxy) is 5. The molecule has 0 radical (unpaired) electrons. The molecule has 10 heteroatoms. The Morgan fingerprint density at radius 1 is 0.964 bits per heavy atom. The first-order valence-electron chi connectivity index (χ1n) is 8.16. The summed E-state index contributed by atoms with van der Waals surface area (Å²) in [7, 11) is 0. The molecule has 8 nitrogen and oxygen atoms in total. The molecule has 146 valence electrons. The number of carbonyl (C=O) groups is 2. The summed E-state index contributed by atoms with van der Waals surface area (Å²) < 4.78 is 50.3. The number of carbonyl (C=O) groups excluding carboxylic acids is 2. The van der Waals surface area contributed by atoms with E-state index in [-0.39, 0.29) is 22.7 Å². The maximum Gasteiger partial charge on any atom is 0.586 e. The van der Waals surface area contributed by atoms with Crippen LogP contribution < -0.4 is 24.3 Å². The van der Waals surface area contributed by atoms with Crippen molar-refractivity contribution in [3.8, 4) is 23.0 Å². The molecule has 0 aliphatic carbocycles. The molecule has 2 heterocycles. The molecular weight excluding hydrogens is 380 g/mol. The highest BCUT2D eigenvalue weighted by Crippen LogP contribution is 2.42. The van der Waals surface area contributed by atoms with Gasteiger partial charge in [0, 0.05) is 11.8 Å². The van der Waals surface area contributed by atoms with E-state index in [1.54, 1.807) is 6.07 Å². The zero-order valence-corrected chi connectivity index (χ0v) is 14.2. The number of fused-ring (bicyclic) bond motifs is 2. The van der Waals surface area contributed by atoms with Gasteiger partial charge in [-0.2, -0.15) is 0 Å². The second-order valence-electron chi connectivity index (χ2n) is 5.81. The minimum atomic E-state index is -3.75. The normalized spacial score (nSPS) is 15.6. The Hall–Kier alpha value is -3.56. The lowest BCUT2D eigenvalue weighted by molar-refractivity contribution is -0.286. The number of hydrogen-bond acceptors (Lipinski definition) is 7. The van der Waals surface area contributed by atoms with Crippen LogP contribution in [0.15, 0.2) is 36.4 Å². The third kappa shape index (κ3) is 3.75. The molecule has 0 spiro atoms. The third-order valence-corrected chi connectivity index (χ3v) is 3.80. The fourth-order valence-electron chi connectivity index (χ4n) is 2.61. The Morgan fingerprint density at radius 2 is 1.68 bits per heavy atom. The molecule has 0 fully saturated rings. The van der Waals surface area contributed by atoms with E-state index in [1.807, 2.05) is 0 Å². The Labute approximate surface area is 156 Å². The number of rotatable bonds is 4. The van der Waals surface area contributed by atoms with Crippen molar-refractivity contribution in [1.29, 1.82) is 0 Å². The van der Waals surface area contributed by atoms with Crippen LogP contribution in [0.3, 0.4) is 0 Å². The number of anilines is 1. The molecule has 0 saturated heterocycles. The van der Waals surface area contributed by atoms with Crippen LogP contribution in [-0.2, 0) is 9.53 Å². The molecule has 2 aromatic rings. The number of halogens is 2. The quantitative estimate of drug-likeness (QED) is 0.798. The number of alkyl halides is 2. The molecule has 4 rings (SSSR count). The standard InChI is InChI=1S/C18H13F2NO7/c19-18(20)27-13-4-2-11(8-15(13)28-18)21-16(22)9-26-17(23)10-1-3-12-14(7-10)25-6-5-24-12/h1-4,7-8H,5-6,9H2,(H,21,22). The lowest BCUT2D eigenvalue weighted by Crippen LogP contribution is -2.25. The second-order valence-corrected chi connectivity index (χ2v) is 5.81. The maximum atomic E-state index is 13.0. The van der Waals surface area contributed by atoms with Crippen molar-refractivity contribution >= 4 is 17.6 Å². The van der Waals surface area contributed by atoms with Gasteiger partial charge in [-0.15, -0.1) is 8.78 Å². The van der Waals surface area contributed by atoms with Gasteiger partial charge in [0.15, 0.2) is 29.6 Å². The van der Waals surface area contributed by atoms with E-state index >= 15 is 0 Å². The van der Waals surface area contributed by atoms with E-state index in [4.69, 9.17) is 14.2 Å². The van der Waals surface area contributed by atoms with Crippen LogP contribution >= 0.6 is 0 Å². The predicted octanol–water partition coefficient (Wildman–Crippen LogP) is 2.57. The van der Waals surface area contributed by atoms with Crippen LogP contribution in [0, 0.1) is 0 Å². The fraction of sp³-hybridized carbons (Fsp3) is 0.222. The molecule has 1 amide bonds. The van der Waals surface area contributed by atoms with Crippen LogP contribution in [0.4, 0.5) is 14.5 Å². The summed E-state index contributed by atoms with van der Waals surface area (Å²) in [5, 5.41) is 2.41. The van der Waals surface area contributed by atoms with Gasteiger partial charge in [0.05, 0.1) is 5.56 Å². The summed E-state index contributed by atoms with van der Waals surface area (Å²) in [5.41, 5.74) is 0.378. The monoisotopic (exact) mass is 393 g/mol.